The van der Waals surface area contributed by atoms with Crippen molar-refractivity contribution < 1.29 is 9.90 Å². The molecule has 0 radical (unpaired) electrons. The van der Waals surface area contributed by atoms with Crippen LogP contribution in [0.5, 0.6) is 0 Å². The molecular formula is C16H15ClO2. The van der Waals surface area contributed by atoms with Gasteiger partial charge in [0.05, 0.1) is 0 Å². The van der Waals surface area contributed by atoms with Crippen LogP contribution in [0, 0.1) is 0 Å². The minimum Gasteiger partial charge on any atom is -0.385 e. The quantitative estimate of drug-likeness (QED) is 0.847. The highest BCUT2D eigenvalue weighted by molar-refractivity contribution is 6.30. The Hall–Kier alpha value is -1.64. The molecule has 1 N–H and O–H groups in total. The number of carbonyl (C=O) groups is 1. The van der Waals surface area contributed by atoms with Crippen LogP contribution < -0.4 is 0 Å². The SMILES string of the molecule is O=C(c1ccc(Cl)cc1)C(O)CCc1ccccc1. The zero-order valence-corrected chi connectivity index (χ0v) is 11.2. The molecule has 0 aliphatic carbocycles. The van der Waals surface area contributed by atoms with E-state index in [0.717, 1.165) is 5.56 Å². The van der Waals surface area contributed by atoms with Gasteiger partial charge in [-0.25, -0.2) is 0 Å². The Morgan fingerprint density at radius 2 is 1.68 bits per heavy atom. The van der Waals surface area contributed by atoms with E-state index in [-0.39, 0.29) is 5.78 Å². The van der Waals surface area contributed by atoms with Crippen LogP contribution in [0.2, 0.25) is 5.02 Å². The topological polar surface area (TPSA) is 37.3 Å². The molecule has 0 aromatic heterocycles. The van der Waals surface area contributed by atoms with E-state index in [1.165, 1.54) is 0 Å². The Morgan fingerprint density at radius 1 is 1.05 bits per heavy atom. The largest absolute Gasteiger partial charge is 0.385 e. The first-order valence-corrected chi connectivity index (χ1v) is 6.56. The van der Waals surface area contributed by atoms with Gasteiger partial charge in [0.2, 0.25) is 0 Å². The highest BCUT2D eigenvalue weighted by Crippen LogP contribution is 2.13. The normalized spacial score (nSPS) is 12.1. The van der Waals surface area contributed by atoms with E-state index in [2.05, 4.69) is 0 Å². The van der Waals surface area contributed by atoms with E-state index in [9.17, 15) is 9.90 Å². The molecule has 0 bridgehead atoms. The molecule has 2 rings (SSSR count). The summed E-state index contributed by atoms with van der Waals surface area (Å²) in [7, 11) is 0. The summed E-state index contributed by atoms with van der Waals surface area (Å²) in [6.07, 6.45) is 0.133. The molecule has 2 aromatic rings. The summed E-state index contributed by atoms with van der Waals surface area (Å²) in [5, 5.41) is 10.5. The number of rotatable bonds is 5. The number of ketones is 1. The molecule has 98 valence electrons. The van der Waals surface area contributed by atoms with Gasteiger partial charge in [0.1, 0.15) is 6.10 Å². The third kappa shape index (κ3) is 3.91. The van der Waals surface area contributed by atoms with E-state index >= 15 is 0 Å². The molecule has 1 unspecified atom stereocenters. The van der Waals surface area contributed by atoms with Crippen molar-refractivity contribution in [3.63, 3.8) is 0 Å². The molecule has 0 aliphatic rings. The number of carbonyl (C=O) groups excluding carboxylic acids is 1. The zero-order valence-electron chi connectivity index (χ0n) is 10.4. The molecule has 3 heteroatoms. The molecule has 0 saturated heterocycles. The predicted octanol–water partition coefficient (Wildman–Crippen LogP) is 3.52. The molecular weight excluding hydrogens is 260 g/mol. The zero-order chi connectivity index (χ0) is 13.7. The van der Waals surface area contributed by atoms with Gasteiger partial charge >= 0.3 is 0 Å². The molecule has 0 aliphatic heterocycles. The maximum atomic E-state index is 12.0. The van der Waals surface area contributed by atoms with Crippen LogP contribution in [0.15, 0.2) is 54.6 Å². The van der Waals surface area contributed by atoms with Crippen molar-refractivity contribution >= 4 is 17.4 Å². The first-order chi connectivity index (χ1) is 9.16. The van der Waals surface area contributed by atoms with Gasteiger partial charge in [-0.1, -0.05) is 41.9 Å². The molecule has 0 heterocycles. The molecule has 0 saturated carbocycles. The van der Waals surface area contributed by atoms with Crippen molar-refractivity contribution in [3.05, 3.63) is 70.7 Å². The average molecular weight is 275 g/mol. The smallest absolute Gasteiger partial charge is 0.191 e. The third-order valence-corrected chi connectivity index (χ3v) is 3.23. The average Bonchev–Trinajstić information content (AvgIpc) is 2.46. The Balaban J connectivity index is 1.94. The number of aliphatic hydroxyl groups excluding tert-OH is 1. The van der Waals surface area contributed by atoms with Crippen molar-refractivity contribution in [2.24, 2.45) is 0 Å². The van der Waals surface area contributed by atoms with Crippen LogP contribution in [-0.2, 0) is 6.42 Å². The van der Waals surface area contributed by atoms with E-state index in [1.54, 1.807) is 24.3 Å². The fraction of sp³-hybridized carbons (Fsp3) is 0.188. The summed E-state index contributed by atoms with van der Waals surface area (Å²) in [4.78, 5) is 12.0. The molecule has 2 aromatic carbocycles. The number of hydrogen-bond donors (Lipinski definition) is 1. The van der Waals surface area contributed by atoms with E-state index in [1.807, 2.05) is 30.3 Å². The fourth-order valence-corrected chi connectivity index (χ4v) is 2.01. The lowest BCUT2D eigenvalue weighted by atomic mass is 10.0. The van der Waals surface area contributed by atoms with Crippen molar-refractivity contribution in [2.75, 3.05) is 0 Å². The lowest BCUT2D eigenvalue weighted by Gasteiger charge is -2.09. The monoisotopic (exact) mass is 274 g/mol. The van der Waals surface area contributed by atoms with E-state index in [0.29, 0.717) is 23.4 Å². The Morgan fingerprint density at radius 3 is 2.32 bits per heavy atom. The minimum absolute atomic E-state index is 0.257. The van der Waals surface area contributed by atoms with Crippen LogP contribution in [0.4, 0.5) is 0 Å². The van der Waals surface area contributed by atoms with Crippen LogP contribution in [0.3, 0.4) is 0 Å². The summed E-state index contributed by atoms with van der Waals surface area (Å²) in [5.74, 6) is -0.257. The lowest BCUT2D eigenvalue weighted by Crippen LogP contribution is -2.21. The van der Waals surface area contributed by atoms with Gasteiger partial charge in [-0.05, 0) is 42.7 Å². The first-order valence-electron chi connectivity index (χ1n) is 6.18. The molecule has 0 amide bonds. The number of aryl methyl sites for hydroxylation is 1. The van der Waals surface area contributed by atoms with Crippen LogP contribution in [0.25, 0.3) is 0 Å². The van der Waals surface area contributed by atoms with Gasteiger partial charge < -0.3 is 5.11 Å². The number of benzene rings is 2. The van der Waals surface area contributed by atoms with Crippen molar-refractivity contribution in [1.82, 2.24) is 0 Å². The minimum atomic E-state index is -0.971. The summed E-state index contributed by atoms with van der Waals surface area (Å²) >= 11 is 5.76. The summed E-state index contributed by atoms with van der Waals surface area (Å²) in [6.45, 7) is 0. The number of aliphatic hydroxyl groups is 1. The van der Waals surface area contributed by atoms with E-state index in [4.69, 9.17) is 11.6 Å². The van der Waals surface area contributed by atoms with Gasteiger partial charge in [0.25, 0.3) is 0 Å². The maximum Gasteiger partial charge on any atom is 0.191 e. The number of hydrogen-bond acceptors (Lipinski definition) is 2. The van der Waals surface area contributed by atoms with Gasteiger partial charge in [-0.2, -0.15) is 0 Å². The molecule has 0 fully saturated rings. The second-order valence-electron chi connectivity index (χ2n) is 4.41. The summed E-state index contributed by atoms with van der Waals surface area (Å²) < 4.78 is 0. The fourth-order valence-electron chi connectivity index (χ4n) is 1.89. The van der Waals surface area contributed by atoms with Crippen LogP contribution in [0.1, 0.15) is 22.3 Å². The predicted molar refractivity (Wildman–Crippen MR) is 76.6 cm³/mol. The molecule has 19 heavy (non-hydrogen) atoms. The van der Waals surface area contributed by atoms with Gasteiger partial charge in [-0.3, -0.25) is 4.79 Å². The van der Waals surface area contributed by atoms with Gasteiger partial charge in [-0.15, -0.1) is 0 Å². The van der Waals surface area contributed by atoms with Crippen molar-refractivity contribution in [3.8, 4) is 0 Å². The third-order valence-electron chi connectivity index (χ3n) is 2.98. The number of halogens is 1. The molecule has 1 atom stereocenters. The summed E-state index contributed by atoms with van der Waals surface area (Å²) in [6, 6.07) is 16.4. The Bertz CT molecular complexity index is 534. The molecule has 0 spiro atoms. The Labute approximate surface area is 117 Å². The van der Waals surface area contributed by atoms with Crippen molar-refractivity contribution in [2.45, 2.75) is 18.9 Å². The van der Waals surface area contributed by atoms with Crippen molar-refractivity contribution in [1.29, 1.82) is 0 Å². The van der Waals surface area contributed by atoms with Crippen LogP contribution >= 0.6 is 11.6 Å². The first kappa shape index (κ1) is 13.8. The van der Waals surface area contributed by atoms with E-state index < -0.39 is 6.10 Å². The van der Waals surface area contributed by atoms with Gasteiger partial charge in [0, 0.05) is 10.6 Å². The highest BCUT2D eigenvalue weighted by atomic mass is 35.5. The maximum absolute atomic E-state index is 12.0. The standard InChI is InChI=1S/C16H15ClO2/c17-14-9-7-13(8-10-14)16(19)15(18)11-6-12-4-2-1-3-5-12/h1-5,7-10,15,18H,6,11H2. The number of Topliss-reactive ketones (excluding diaryl/α,β-unsaturated/α-hetero) is 1. The van der Waals surface area contributed by atoms with Gasteiger partial charge in [0.15, 0.2) is 5.78 Å². The summed E-state index contributed by atoms with van der Waals surface area (Å²) in [5.41, 5.74) is 1.61. The second-order valence-corrected chi connectivity index (χ2v) is 4.85. The molecule has 2 nitrogen and oxygen atoms in total. The lowest BCUT2D eigenvalue weighted by molar-refractivity contribution is 0.0731. The van der Waals surface area contributed by atoms with Crippen LogP contribution in [-0.4, -0.2) is 17.0 Å². The second kappa shape index (κ2) is 6.50. The highest BCUT2D eigenvalue weighted by Gasteiger charge is 2.16. The Kier molecular flexibility index (Phi) is 4.72.